The minimum atomic E-state index is 0.0684. The van der Waals surface area contributed by atoms with Gasteiger partial charge in [0.1, 0.15) is 0 Å². The summed E-state index contributed by atoms with van der Waals surface area (Å²) in [5, 5.41) is 11.6. The number of hydrogen-bond acceptors (Lipinski definition) is 5. The SMILES string of the molecule is c1ccc(C(NCc2nc(-c3ccsc3)no2)c2ccccc2)cc1. The lowest BCUT2D eigenvalue weighted by Gasteiger charge is -2.18. The predicted octanol–water partition coefficient (Wildman–Crippen LogP) is 4.68. The second-order valence-electron chi connectivity index (χ2n) is 5.66. The molecule has 4 rings (SSSR count). The molecule has 25 heavy (non-hydrogen) atoms. The Morgan fingerprint density at radius 2 is 1.60 bits per heavy atom. The molecular formula is C20H17N3OS. The van der Waals surface area contributed by atoms with Crippen LogP contribution in [0.3, 0.4) is 0 Å². The number of aromatic nitrogens is 2. The van der Waals surface area contributed by atoms with Gasteiger partial charge in [0, 0.05) is 10.9 Å². The van der Waals surface area contributed by atoms with Crippen LogP contribution in [0.2, 0.25) is 0 Å². The van der Waals surface area contributed by atoms with Gasteiger partial charge in [-0.3, -0.25) is 5.32 Å². The number of rotatable bonds is 6. The lowest BCUT2D eigenvalue weighted by Crippen LogP contribution is -2.22. The van der Waals surface area contributed by atoms with E-state index in [1.165, 1.54) is 11.1 Å². The summed E-state index contributed by atoms with van der Waals surface area (Å²) in [5.41, 5.74) is 3.39. The van der Waals surface area contributed by atoms with E-state index in [1.54, 1.807) is 11.3 Å². The highest BCUT2D eigenvalue weighted by atomic mass is 32.1. The van der Waals surface area contributed by atoms with Crippen molar-refractivity contribution in [2.45, 2.75) is 12.6 Å². The van der Waals surface area contributed by atoms with Crippen LogP contribution in [-0.4, -0.2) is 10.1 Å². The summed E-state index contributed by atoms with van der Waals surface area (Å²) in [5.74, 6) is 1.21. The third-order valence-corrected chi connectivity index (χ3v) is 4.65. The average Bonchev–Trinajstić information content (AvgIpc) is 3.35. The van der Waals surface area contributed by atoms with Gasteiger partial charge in [-0.2, -0.15) is 16.3 Å². The Hall–Kier alpha value is -2.76. The average molecular weight is 347 g/mol. The number of thiophene rings is 1. The van der Waals surface area contributed by atoms with Crippen molar-refractivity contribution < 1.29 is 4.52 Å². The van der Waals surface area contributed by atoms with Crippen LogP contribution in [0.25, 0.3) is 11.4 Å². The Bertz CT molecular complexity index is 865. The molecule has 4 nitrogen and oxygen atoms in total. The Morgan fingerprint density at radius 1 is 0.920 bits per heavy atom. The van der Waals surface area contributed by atoms with E-state index in [0.29, 0.717) is 18.3 Å². The summed E-state index contributed by atoms with van der Waals surface area (Å²) in [4.78, 5) is 4.48. The molecule has 1 N–H and O–H groups in total. The molecule has 4 aromatic rings. The lowest BCUT2D eigenvalue weighted by atomic mass is 9.99. The van der Waals surface area contributed by atoms with Crippen LogP contribution in [0.1, 0.15) is 23.1 Å². The standard InChI is InChI=1S/C20H17N3OS/c1-3-7-15(8-4-1)19(16-9-5-2-6-10-16)21-13-18-22-20(23-24-18)17-11-12-25-14-17/h1-12,14,19,21H,13H2. The second-order valence-corrected chi connectivity index (χ2v) is 6.44. The summed E-state index contributed by atoms with van der Waals surface area (Å²) in [6, 6.07) is 22.8. The first-order valence-electron chi connectivity index (χ1n) is 8.08. The van der Waals surface area contributed by atoms with Gasteiger partial charge in [-0.15, -0.1) is 0 Å². The molecule has 0 radical (unpaired) electrons. The number of hydrogen-bond donors (Lipinski definition) is 1. The van der Waals surface area contributed by atoms with Gasteiger partial charge in [-0.1, -0.05) is 65.8 Å². The largest absolute Gasteiger partial charge is 0.338 e. The van der Waals surface area contributed by atoms with E-state index in [9.17, 15) is 0 Å². The van der Waals surface area contributed by atoms with E-state index >= 15 is 0 Å². The third-order valence-electron chi connectivity index (χ3n) is 3.97. The van der Waals surface area contributed by atoms with E-state index in [4.69, 9.17) is 4.52 Å². The first-order valence-corrected chi connectivity index (χ1v) is 9.03. The van der Waals surface area contributed by atoms with Gasteiger partial charge in [0.05, 0.1) is 12.6 Å². The van der Waals surface area contributed by atoms with E-state index in [0.717, 1.165) is 5.56 Å². The van der Waals surface area contributed by atoms with Crippen molar-refractivity contribution in [3.8, 4) is 11.4 Å². The summed E-state index contributed by atoms with van der Waals surface area (Å²) in [7, 11) is 0. The zero-order chi connectivity index (χ0) is 16.9. The van der Waals surface area contributed by atoms with Crippen molar-refractivity contribution in [1.29, 1.82) is 0 Å². The summed E-state index contributed by atoms with van der Waals surface area (Å²) >= 11 is 1.62. The number of nitrogens with one attached hydrogen (secondary N) is 1. The van der Waals surface area contributed by atoms with Gasteiger partial charge in [-0.05, 0) is 22.6 Å². The van der Waals surface area contributed by atoms with Crippen LogP contribution in [0.5, 0.6) is 0 Å². The van der Waals surface area contributed by atoms with E-state index in [-0.39, 0.29) is 6.04 Å². The molecule has 124 valence electrons. The smallest absolute Gasteiger partial charge is 0.240 e. The molecule has 0 saturated heterocycles. The highest BCUT2D eigenvalue weighted by Gasteiger charge is 2.15. The molecule has 0 aliphatic heterocycles. The van der Waals surface area contributed by atoms with Crippen molar-refractivity contribution in [3.05, 3.63) is 94.5 Å². The Balaban J connectivity index is 1.54. The zero-order valence-electron chi connectivity index (χ0n) is 13.5. The predicted molar refractivity (Wildman–Crippen MR) is 99.2 cm³/mol. The summed E-state index contributed by atoms with van der Waals surface area (Å²) in [6.07, 6.45) is 0. The zero-order valence-corrected chi connectivity index (χ0v) is 14.3. The molecule has 5 heteroatoms. The third kappa shape index (κ3) is 3.68. The Morgan fingerprint density at radius 3 is 2.20 bits per heavy atom. The van der Waals surface area contributed by atoms with Crippen LogP contribution >= 0.6 is 11.3 Å². The molecule has 0 amide bonds. The molecular weight excluding hydrogens is 330 g/mol. The number of nitrogens with zero attached hydrogens (tertiary/aromatic N) is 2. The van der Waals surface area contributed by atoms with Crippen molar-refractivity contribution in [2.75, 3.05) is 0 Å². The van der Waals surface area contributed by atoms with E-state index in [1.807, 2.05) is 53.2 Å². The minimum Gasteiger partial charge on any atom is -0.338 e. The first-order chi connectivity index (χ1) is 12.4. The van der Waals surface area contributed by atoms with Crippen molar-refractivity contribution in [3.63, 3.8) is 0 Å². The van der Waals surface area contributed by atoms with Crippen LogP contribution in [0, 0.1) is 0 Å². The van der Waals surface area contributed by atoms with Gasteiger partial charge in [0.15, 0.2) is 0 Å². The van der Waals surface area contributed by atoms with Gasteiger partial charge < -0.3 is 4.52 Å². The van der Waals surface area contributed by atoms with Crippen LogP contribution in [0.15, 0.2) is 82.0 Å². The van der Waals surface area contributed by atoms with Gasteiger partial charge in [0.2, 0.25) is 11.7 Å². The normalized spacial score (nSPS) is 11.1. The van der Waals surface area contributed by atoms with Crippen LogP contribution in [0.4, 0.5) is 0 Å². The maximum atomic E-state index is 5.39. The van der Waals surface area contributed by atoms with E-state index in [2.05, 4.69) is 39.7 Å². The molecule has 2 aromatic heterocycles. The topological polar surface area (TPSA) is 51.0 Å². The Labute approximate surface area is 150 Å². The molecule has 0 aliphatic rings. The molecule has 0 unspecified atom stereocenters. The molecule has 0 saturated carbocycles. The fraction of sp³-hybridized carbons (Fsp3) is 0.100. The van der Waals surface area contributed by atoms with E-state index < -0.39 is 0 Å². The maximum Gasteiger partial charge on any atom is 0.240 e. The van der Waals surface area contributed by atoms with Crippen molar-refractivity contribution in [2.24, 2.45) is 0 Å². The quantitative estimate of drug-likeness (QED) is 0.550. The van der Waals surface area contributed by atoms with Gasteiger partial charge in [0.25, 0.3) is 0 Å². The highest BCUT2D eigenvalue weighted by molar-refractivity contribution is 7.08. The van der Waals surface area contributed by atoms with Gasteiger partial charge >= 0.3 is 0 Å². The molecule has 0 spiro atoms. The minimum absolute atomic E-state index is 0.0684. The fourth-order valence-electron chi connectivity index (χ4n) is 2.74. The van der Waals surface area contributed by atoms with Gasteiger partial charge in [-0.25, -0.2) is 0 Å². The fourth-order valence-corrected chi connectivity index (χ4v) is 3.38. The molecule has 0 atom stereocenters. The monoisotopic (exact) mass is 347 g/mol. The molecule has 2 aromatic carbocycles. The lowest BCUT2D eigenvalue weighted by molar-refractivity contribution is 0.363. The number of benzene rings is 2. The Kier molecular flexibility index (Phi) is 4.68. The first kappa shape index (κ1) is 15.7. The van der Waals surface area contributed by atoms with Crippen LogP contribution in [-0.2, 0) is 6.54 Å². The molecule has 0 fully saturated rings. The summed E-state index contributed by atoms with van der Waals surface area (Å²) in [6.45, 7) is 0.506. The highest BCUT2D eigenvalue weighted by Crippen LogP contribution is 2.23. The van der Waals surface area contributed by atoms with Crippen molar-refractivity contribution in [1.82, 2.24) is 15.5 Å². The second kappa shape index (κ2) is 7.42. The van der Waals surface area contributed by atoms with Crippen LogP contribution < -0.4 is 5.32 Å². The maximum absolute atomic E-state index is 5.39. The summed E-state index contributed by atoms with van der Waals surface area (Å²) < 4.78 is 5.39. The molecule has 2 heterocycles. The molecule has 0 bridgehead atoms. The molecule has 0 aliphatic carbocycles. The van der Waals surface area contributed by atoms with Crippen molar-refractivity contribution >= 4 is 11.3 Å².